The van der Waals surface area contributed by atoms with E-state index in [1.807, 2.05) is 20.8 Å². The summed E-state index contributed by atoms with van der Waals surface area (Å²) in [6.45, 7) is 5.75. The number of benzene rings is 2. The fourth-order valence-electron chi connectivity index (χ4n) is 2.53. The number of ketones is 1. The van der Waals surface area contributed by atoms with E-state index in [1.165, 1.54) is 25.3 Å². The first-order chi connectivity index (χ1) is 11.4. The average Bonchev–Trinajstić information content (AvgIpc) is 2.58. The summed E-state index contributed by atoms with van der Waals surface area (Å²) in [7, 11) is 1.52. The lowest BCUT2D eigenvalue weighted by atomic mass is 9.95. The van der Waals surface area contributed by atoms with Crippen LogP contribution >= 0.6 is 23.0 Å². The van der Waals surface area contributed by atoms with Crippen molar-refractivity contribution in [2.75, 3.05) is 7.11 Å². The number of methoxy groups -OCH3 is 1. The Morgan fingerprint density at radius 1 is 1.08 bits per heavy atom. The van der Waals surface area contributed by atoms with Gasteiger partial charge in [-0.25, -0.2) is 4.39 Å². The second kappa shape index (κ2) is 7.79. The molecule has 3 nitrogen and oxygen atoms in total. The number of hydrogen-bond acceptors (Lipinski definition) is 3. The molecule has 0 saturated carbocycles. The fourth-order valence-corrected chi connectivity index (χ4v) is 3.08. The second-order valence-corrected chi connectivity index (χ2v) is 5.85. The summed E-state index contributed by atoms with van der Waals surface area (Å²) in [6, 6.07) is 6.28. The number of rotatable bonds is 5. The third kappa shape index (κ3) is 3.45. The van der Waals surface area contributed by atoms with Gasteiger partial charge >= 0.3 is 0 Å². The Morgan fingerprint density at radius 3 is 2.29 bits per heavy atom. The van der Waals surface area contributed by atoms with E-state index in [2.05, 4.69) is 0 Å². The molecule has 0 N–H and O–H groups in total. The van der Waals surface area contributed by atoms with Gasteiger partial charge in [0.15, 0.2) is 34.5 Å². The van der Waals surface area contributed by atoms with Crippen molar-refractivity contribution in [1.29, 1.82) is 0 Å². The van der Waals surface area contributed by atoms with Crippen LogP contribution in [0.2, 0.25) is 0 Å². The molecule has 0 aliphatic rings. The Kier molecular flexibility index (Phi) is 5.99. The largest absolute Gasteiger partial charge is 0.496 e. The predicted octanol–water partition coefficient (Wildman–Crippen LogP) is 5.38. The van der Waals surface area contributed by atoms with Gasteiger partial charge < -0.3 is 7.80 Å². The highest BCUT2D eigenvalue weighted by Crippen LogP contribution is 2.39. The van der Waals surface area contributed by atoms with E-state index in [0.29, 0.717) is 22.6 Å². The molecule has 2 aromatic rings. The summed E-state index contributed by atoms with van der Waals surface area (Å²) >= 11 is 1.75. The molecule has 0 radical (unpaired) electrons. The Morgan fingerprint density at radius 2 is 1.71 bits per heavy atom. The number of carbonyl (C=O) groups excluding carboxylic acids is 1. The molecule has 0 aliphatic heterocycles. The van der Waals surface area contributed by atoms with Crippen LogP contribution in [-0.2, 0) is 0 Å². The van der Waals surface area contributed by atoms with Crippen molar-refractivity contribution >= 4 is 34.9 Å². The highest BCUT2D eigenvalue weighted by atomic mass is 127. The molecule has 5 heteroatoms. The monoisotopic (exact) mass is 440 g/mol. The maximum atomic E-state index is 13.7. The fraction of sp³-hybridized carbons (Fsp3) is 0.211. The summed E-state index contributed by atoms with van der Waals surface area (Å²) < 4.78 is 24.6. The van der Waals surface area contributed by atoms with Crippen molar-refractivity contribution in [3.05, 3.63) is 64.0 Å². The first kappa shape index (κ1) is 18.4. The Labute approximate surface area is 155 Å². The van der Waals surface area contributed by atoms with E-state index in [4.69, 9.17) is 7.80 Å². The Bertz CT molecular complexity index is 781. The van der Waals surface area contributed by atoms with Gasteiger partial charge in [0.05, 0.1) is 7.11 Å². The lowest BCUT2D eigenvalue weighted by Gasteiger charge is -2.18. The van der Waals surface area contributed by atoms with E-state index < -0.39 is 0 Å². The van der Waals surface area contributed by atoms with Crippen molar-refractivity contribution in [3.63, 3.8) is 0 Å². The molecule has 2 aromatic carbocycles. The van der Waals surface area contributed by atoms with E-state index >= 15 is 0 Å². The predicted molar refractivity (Wildman–Crippen MR) is 102 cm³/mol. The standard InChI is InChI=1S/C19H18FIO3/c1-11-12(2)18(23-4)17(19(24-21)13(11)3)16(22)10-9-14-7-5-6-8-15(14)20/h5-10H,1-4H3/b10-9+. The summed E-state index contributed by atoms with van der Waals surface area (Å²) in [5.41, 5.74) is 3.47. The van der Waals surface area contributed by atoms with Crippen molar-refractivity contribution in [2.24, 2.45) is 0 Å². The van der Waals surface area contributed by atoms with E-state index in [0.717, 1.165) is 16.7 Å². The van der Waals surface area contributed by atoms with Crippen molar-refractivity contribution in [3.8, 4) is 11.5 Å². The normalized spacial score (nSPS) is 10.9. The minimum Gasteiger partial charge on any atom is -0.496 e. The van der Waals surface area contributed by atoms with Crippen LogP contribution < -0.4 is 7.80 Å². The molecule has 0 aromatic heterocycles. The SMILES string of the molecule is COc1c(C)c(C)c(C)c(OI)c1C(=O)/C=C/c1ccccc1F. The lowest BCUT2D eigenvalue weighted by molar-refractivity contribution is 0.104. The molecule has 0 saturated heterocycles. The van der Waals surface area contributed by atoms with Gasteiger partial charge in [-0.2, -0.15) is 0 Å². The topological polar surface area (TPSA) is 35.5 Å². The zero-order valence-electron chi connectivity index (χ0n) is 13.9. The van der Waals surface area contributed by atoms with Gasteiger partial charge in [0, 0.05) is 5.56 Å². The van der Waals surface area contributed by atoms with Crippen LogP contribution in [0, 0.1) is 26.6 Å². The number of halogens is 2. The van der Waals surface area contributed by atoms with Crippen LogP contribution in [-0.4, -0.2) is 12.9 Å². The highest BCUT2D eigenvalue weighted by molar-refractivity contribution is 14.1. The van der Waals surface area contributed by atoms with Crippen molar-refractivity contribution < 1.29 is 17.0 Å². The molecular weight excluding hydrogens is 422 g/mol. The third-order valence-corrected chi connectivity index (χ3v) is 4.55. The van der Waals surface area contributed by atoms with Gasteiger partial charge in [-0.1, -0.05) is 18.2 Å². The Balaban J connectivity index is 2.55. The number of carbonyl (C=O) groups is 1. The third-order valence-electron chi connectivity index (χ3n) is 4.11. The van der Waals surface area contributed by atoms with Crippen LogP contribution in [0.1, 0.15) is 32.6 Å². The first-order valence-corrected chi connectivity index (χ1v) is 8.23. The summed E-state index contributed by atoms with van der Waals surface area (Å²) in [5, 5.41) is 0. The molecule has 0 spiro atoms. The number of allylic oxidation sites excluding steroid dienone is 1. The van der Waals surface area contributed by atoms with Gasteiger partial charge in [0.25, 0.3) is 0 Å². The van der Waals surface area contributed by atoms with Crippen LogP contribution in [0.15, 0.2) is 30.3 Å². The molecule has 0 atom stereocenters. The maximum absolute atomic E-state index is 13.7. The lowest BCUT2D eigenvalue weighted by Crippen LogP contribution is -2.06. The van der Waals surface area contributed by atoms with Crippen LogP contribution in [0.3, 0.4) is 0 Å². The molecule has 126 valence electrons. The van der Waals surface area contributed by atoms with Crippen LogP contribution in [0.4, 0.5) is 4.39 Å². The molecule has 0 bridgehead atoms. The van der Waals surface area contributed by atoms with Crippen LogP contribution in [0.25, 0.3) is 6.08 Å². The Hall–Kier alpha value is -1.89. The molecular formula is C19H18FIO3. The molecule has 0 amide bonds. The van der Waals surface area contributed by atoms with Gasteiger partial charge in [0.2, 0.25) is 0 Å². The summed E-state index contributed by atoms with van der Waals surface area (Å²) in [5.74, 6) is 0.273. The quantitative estimate of drug-likeness (QED) is 0.356. The average molecular weight is 440 g/mol. The van der Waals surface area contributed by atoms with Crippen LogP contribution in [0.5, 0.6) is 11.5 Å². The minimum atomic E-state index is -0.379. The van der Waals surface area contributed by atoms with Gasteiger partial charge in [-0.15, -0.1) is 0 Å². The number of ether oxygens (including phenoxy) is 1. The first-order valence-electron chi connectivity index (χ1n) is 7.35. The minimum absolute atomic E-state index is 0.298. The van der Waals surface area contributed by atoms with Crippen molar-refractivity contribution in [2.45, 2.75) is 20.8 Å². The number of hydrogen-bond donors (Lipinski definition) is 0. The highest BCUT2D eigenvalue weighted by Gasteiger charge is 2.23. The smallest absolute Gasteiger partial charge is 0.193 e. The summed E-state index contributed by atoms with van der Waals surface area (Å²) in [6.07, 6.45) is 2.79. The van der Waals surface area contributed by atoms with Gasteiger partial charge in [-0.05, 0) is 55.7 Å². The zero-order valence-corrected chi connectivity index (χ0v) is 16.1. The van der Waals surface area contributed by atoms with E-state index in [-0.39, 0.29) is 11.6 Å². The van der Waals surface area contributed by atoms with Crippen molar-refractivity contribution in [1.82, 2.24) is 0 Å². The molecule has 0 heterocycles. The van der Waals surface area contributed by atoms with E-state index in [9.17, 15) is 9.18 Å². The molecule has 24 heavy (non-hydrogen) atoms. The second-order valence-electron chi connectivity index (χ2n) is 5.41. The van der Waals surface area contributed by atoms with E-state index in [1.54, 1.807) is 41.2 Å². The molecule has 0 aliphatic carbocycles. The maximum Gasteiger partial charge on any atom is 0.193 e. The molecule has 0 unspecified atom stereocenters. The zero-order chi connectivity index (χ0) is 17.9. The van der Waals surface area contributed by atoms with Gasteiger partial charge in [-0.3, -0.25) is 4.79 Å². The molecule has 2 rings (SSSR count). The summed E-state index contributed by atoms with van der Waals surface area (Å²) in [4.78, 5) is 12.7. The molecule has 0 fully saturated rings. The van der Waals surface area contributed by atoms with Gasteiger partial charge in [0.1, 0.15) is 17.1 Å².